The Morgan fingerprint density at radius 1 is 0.250 bits per heavy atom. The van der Waals surface area contributed by atoms with Crippen LogP contribution in [-0.4, -0.2) is 9.97 Å². The zero-order valence-electron chi connectivity index (χ0n) is 30.5. The summed E-state index contributed by atoms with van der Waals surface area (Å²) >= 11 is 0. The topological polar surface area (TPSA) is 25.8 Å². The van der Waals surface area contributed by atoms with Crippen molar-refractivity contribution in [2.75, 3.05) is 0 Å². The maximum Gasteiger partial charge on any atom is 0.0794 e. The lowest BCUT2D eigenvalue weighted by atomic mass is 9.89. The van der Waals surface area contributed by atoms with Crippen LogP contribution in [-0.2, 0) is 0 Å². The van der Waals surface area contributed by atoms with E-state index >= 15 is 0 Å². The first-order valence-corrected chi connectivity index (χ1v) is 19.2. The van der Waals surface area contributed by atoms with Gasteiger partial charge in [0.25, 0.3) is 0 Å². The molecule has 0 aliphatic rings. The van der Waals surface area contributed by atoms with Crippen LogP contribution in [0.2, 0.25) is 0 Å². The van der Waals surface area contributed by atoms with Crippen molar-refractivity contribution in [1.29, 1.82) is 0 Å². The number of hydrogen-bond acceptors (Lipinski definition) is 2. The molecule has 2 nitrogen and oxygen atoms in total. The molecule has 2 aromatic heterocycles. The SMILES string of the molecule is c1ccc(-c2cc(-c3ccc(-c4cc(-c5cccc6ccccc56)nc5c4cc(-c4cccc6ccccc46)c4ccccc45)cc3)nc3ccccc23)cc1. The molecule has 0 aliphatic heterocycles. The van der Waals surface area contributed by atoms with Crippen molar-refractivity contribution in [2.24, 2.45) is 0 Å². The fourth-order valence-corrected chi connectivity index (χ4v) is 8.56. The van der Waals surface area contributed by atoms with Gasteiger partial charge in [-0.05, 0) is 84.6 Å². The van der Waals surface area contributed by atoms with E-state index in [0.29, 0.717) is 0 Å². The van der Waals surface area contributed by atoms with E-state index in [1.54, 1.807) is 0 Å². The summed E-state index contributed by atoms with van der Waals surface area (Å²) in [6.45, 7) is 0. The van der Waals surface area contributed by atoms with Gasteiger partial charge in [-0.2, -0.15) is 0 Å². The second-order valence-corrected chi connectivity index (χ2v) is 14.5. The molecule has 0 bridgehead atoms. The van der Waals surface area contributed by atoms with E-state index in [2.05, 4.69) is 206 Å². The number of fused-ring (bicyclic) bond motifs is 6. The van der Waals surface area contributed by atoms with Gasteiger partial charge in [-0.25, -0.2) is 9.97 Å². The van der Waals surface area contributed by atoms with Crippen molar-refractivity contribution in [3.05, 3.63) is 206 Å². The Kier molecular flexibility index (Phi) is 7.53. The fraction of sp³-hybridized carbons (Fsp3) is 0. The molecule has 0 aliphatic carbocycles. The number of rotatable bonds is 5. The van der Waals surface area contributed by atoms with Gasteiger partial charge in [0, 0.05) is 27.3 Å². The van der Waals surface area contributed by atoms with Gasteiger partial charge in [-0.15, -0.1) is 0 Å². The quantitative estimate of drug-likeness (QED) is 0.166. The predicted molar refractivity (Wildman–Crippen MR) is 237 cm³/mol. The summed E-state index contributed by atoms with van der Waals surface area (Å²) < 4.78 is 0. The van der Waals surface area contributed by atoms with Gasteiger partial charge in [0.15, 0.2) is 0 Å². The van der Waals surface area contributed by atoms with E-state index in [-0.39, 0.29) is 0 Å². The molecule has 9 aromatic carbocycles. The summed E-state index contributed by atoms with van der Waals surface area (Å²) in [4.78, 5) is 10.7. The van der Waals surface area contributed by atoms with Crippen LogP contribution < -0.4 is 0 Å². The van der Waals surface area contributed by atoms with Crippen LogP contribution in [0.25, 0.3) is 110 Å². The molecule has 11 rings (SSSR count). The minimum absolute atomic E-state index is 0.953. The first-order chi connectivity index (χ1) is 27.8. The molecule has 260 valence electrons. The Hall–Kier alpha value is -7.42. The molecule has 0 saturated heterocycles. The minimum atomic E-state index is 0.953. The summed E-state index contributed by atoms with van der Waals surface area (Å²) in [5.41, 5.74) is 13.2. The number of para-hydroxylation sites is 1. The lowest BCUT2D eigenvalue weighted by Gasteiger charge is -2.17. The largest absolute Gasteiger partial charge is 0.248 e. The lowest BCUT2D eigenvalue weighted by Crippen LogP contribution is -1.94. The highest BCUT2D eigenvalue weighted by atomic mass is 14.7. The lowest BCUT2D eigenvalue weighted by molar-refractivity contribution is 1.39. The molecular weight excluding hydrogens is 677 g/mol. The maximum atomic E-state index is 5.53. The highest BCUT2D eigenvalue weighted by Crippen LogP contribution is 2.43. The predicted octanol–water partition coefficient (Wildman–Crippen LogP) is 14.6. The molecule has 0 saturated carbocycles. The molecule has 0 amide bonds. The van der Waals surface area contributed by atoms with Gasteiger partial charge in [0.05, 0.1) is 22.4 Å². The minimum Gasteiger partial charge on any atom is -0.248 e. The van der Waals surface area contributed by atoms with Crippen molar-refractivity contribution >= 4 is 54.1 Å². The zero-order valence-corrected chi connectivity index (χ0v) is 30.5. The van der Waals surface area contributed by atoms with E-state index in [1.165, 1.54) is 49.2 Å². The average Bonchev–Trinajstić information content (AvgIpc) is 3.28. The van der Waals surface area contributed by atoms with E-state index in [0.717, 1.165) is 60.8 Å². The number of aromatic nitrogens is 2. The van der Waals surface area contributed by atoms with Crippen molar-refractivity contribution in [1.82, 2.24) is 9.97 Å². The van der Waals surface area contributed by atoms with Gasteiger partial charge in [-0.1, -0.05) is 182 Å². The fourth-order valence-electron chi connectivity index (χ4n) is 8.56. The smallest absolute Gasteiger partial charge is 0.0794 e. The second-order valence-electron chi connectivity index (χ2n) is 14.5. The zero-order chi connectivity index (χ0) is 37.0. The number of benzene rings is 9. The van der Waals surface area contributed by atoms with Crippen molar-refractivity contribution in [2.45, 2.75) is 0 Å². The van der Waals surface area contributed by atoms with Crippen LogP contribution in [0, 0.1) is 0 Å². The van der Waals surface area contributed by atoms with Crippen LogP contribution >= 0.6 is 0 Å². The van der Waals surface area contributed by atoms with Crippen molar-refractivity contribution < 1.29 is 0 Å². The van der Waals surface area contributed by atoms with Gasteiger partial charge in [0.1, 0.15) is 0 Å². The normalized spacial score (nSPS) is 11.6. The highest BCUT2D eigenvalue weighted by molar-refractivity contribution is 6.18. The third kappa shape index (κ3) is 5.34. The van der Waals surface area contributed by atoms with E-state index in [9.17, 15) is 0 Å². The molecule has 2 heteroatoms. The third-order valence-electron chi connectivity index (χ3n) is 11.3. The Balaban J connectivity index is 1.16. The molecule has 0 radical (unpaired) electrons. The number of pyridine rings is 2. The highest BCUT2D eigenvalue weighted by Gasteiger charge is 2.18. The Labute approximate surface area is 325 Å². The number of hydrogen-bond donors (Lipinski definition) is 0. The first-order valence-electron chi connectivity index (χ1n) is 19.2. The molecule has 0 fully saturated rings. The molecule has 0 N–H and O–H groups in total. The van der Waals surface area contributed by atoms with Gasteiger partial charge in [-0.3, -0.25) is 0 Å². The van der Waals surface area contributed by atoms with Crippen LogP contribution in [0.1, 0.15) is 0 Å². The Morgan fingerprint density at radius 3 is 1.52 bits per heavy atom. The Morgan fingerprint density at radius 2 is 0.768 bits per heavy atom. The molecule has 0 atom stereocenters. The summed E-state index contributed by atoms with van der Waals surface area (Å²) in [5.74, 6) is 0. The van der Waals surface area contributed by atoms with Crippen LogP contribution in [0.5, 0.6) is 0 Å². The van der Waals surface area contributed by atoms with Gasteiger partial charge < -0.3 is 0 Å². The second kappa shape index (κ2) is 13.2. The molecule has 0 unspecified atom stereocenters. The Bertz CT molecular complexity index is 3280. The van der Waals surface area contributed by atoms with Crippen LogP contribution in [0.3, 0.4) is 0 Å². The molecular formula is C54H34N2. The van der Waals surface area contributed by atoms with Crippen molar-refractivity contribution in [3.8, 4) is 55.9 Å². The van der Waals surface area contributed by atoms with Crippen molar-refractivity contribution in [3.63, 3.8) is 0 Å². The molecule has 11 aromatic rings. The summed E-state index contributed by atoms with van der Waals surface area (Å²) in [7, 11) is 0. The van der Waals surface area contributed by atoms with E-state index in [4.69, 9.17) is 9.97 Å². The summed E-state index contributed by atoms with van der Waals surface area (Å²) in [5, 5.41) is 9.47. The molecule has 56 heavy (non-hydrogen) atoms. The molecule has 2 heterocycles. The molecule has 0 spiro atoms. The van der Waals surface area contributed by atoms with E-state index in [1.807, 2.05) is 0 Å². The summed E-state index contributed by atoms with van der Waals surface area (Å²) in [6.07, 6.45) is 0. The standard InChI is InChI=1S/C54H34N2/c1-2-14-37(15-3-1)47-33-52(55-51-27-11-10-23-45(47)51)39-30-28-38(29-31-39)48-34-53(44-26-13-19-36-17-5-7-21-41(36)44)56-54-46-24-9-8-22-43(46)49(32-50(48)54)42-25-12-18-35-16-4-6-20-40(35)42/h1-34H. The van der Waals surface area contributed by atoms with Gasteiger partial charge in [0.2, 0.25) is 0 Å². The van der Waals surface area contributed by atoms with Crippen LogP contribution in [0.4, 0.5) is 0 Å². The number of nitrogens with zero attached hydrogens (tertiary/aromatic N) is 2. The summed E-state index contributed by atoms with van der Waals surface area (Å²) in [6, 6.07) is 74.0. The first kappa shape index (κ1) is 32.0. The maximum absolute atomic E-state index is 5.53. The van der Waals surface area contributed by atoms with Gasteiger partial charge >= 0.3 is 0 Å². The monoisotopic (exact) mass is 710 g/mol. The van der Waals surface area contributed by atoms with E-state index < -0.39 is 0 Å². The average molecular weight is 711 g/mol. The third-order valence-corrected chi connectivity index (χ3v) is 11.3. The van der Waals surface area contributed by atoms with Crippen LogP contribution in [0.15, 0.2) is 206 Å².